The van der Waals surface area contributed by atoms with Crippen LogP contribution in [0.1, 0.15) is 98.3 Å². The van der Waals surface area contributed by atoms with Gasteiger partial charge in [0.25, 0.3) is 0 Å². The highest BCUT2D eigenvalue weighted by atomic mass is 16.7. The van der Waals surface area contributed by atoms with Crippen molar-refractivity contribution in [1.29, 1.82) is 0 Å². The van der Waals surface area contributed by atoms with Gasteiger partial charge in [-0.05, 0) is 113 Å². The Hall–Kier alpha value is -1.11. The highest BCUT2D eigenvalue weighted by molar-refractivity contribution is 5.85. The average Bonchev–Trinajstić information content (AvgIpc) is 3.55. The fourth-order valence-electron chi connectivity index (χ4n) is 11.2. The number of hydrogen-bond donors (Lipinski definition) is 4. The molecule has 0 amide bonds. The predicted molar refractivity (Wildman–Crippen MR) is 161 cm³/mol. The first-order valence-corrected chi connectivity index (χ1v) is 17.6. The Bertz CT molecular complexity index is 1160. The van der Waals surface area contributed by atoms with Gasteiger partial charge in [-0.15, -0.1) is 0 Å². The number of rotatable bonds is 5. The molecule has 7 aliphatic rings. The molecule has 3 heterocycles. The van der Waals surface area contributed by atoms with Crippen molar-refractivity contribution in [3.63, 3.8) is 0 Å². The van der Waals surface area contributed by atoms with Crippen LogP contribution in [-0.4, -0.2) is 93.9 Å². The van der Waals surface area contributed by atoms with Gasteiger partial charge < -0.3 is 44.1 Å². The molecule has 45 heavy (non-hydrogen) atoms. The third kappa shape index (κ3) is 5.25. The third-order valence-electron chi connectivity index (χ3n) is 14.0. The van der Waals surface area contributed by atoms with E-state index in [0.717, 1.165) is 63.4 Å². The Morgan fingerprint density at radius 1 is 0.822 bits per heavy atom. The van der Waals surface area contributed by atoms with E-state index < -0.39 is 36.3 Å². The smallest absolute Gasteiger partial charge is 0.331 e. The first-order chi connectivity index (χ1) is 21.3. The van der Waals surface area contributed by atoms with Gasteiger partial charge in [0.05, 0.1) is 30.0 Å². The topological polar surface area (TPSA) is 144 Å². The van der Waals surface area contributed by atoms with Gasteiger partial charge in [-0.25, -0.2) is 4.79 Å². The van der Waals surface area contributed by atoms with E-state index in [4.69, 9.17) is 23.7 Å². The first-order valence-electron chi connectivity index (χ1n) is 17.6. The molecule has 0 aromatic heterocycles. The van der Waals surface area contributed by atoms with E-state index in [2.05, 4.69) is 13.8 Å². The highest BCUT2D eigenvalue weighted by Gasteiger charge is 2.67. The summed E-state index contributed by atoms with van der Waals surface area (Å²) in [6.45, 7) is 8.73. The molecule has 2 saturated heterocycles. The number of hydrogen-bond acceptors (Lipinski definition) is 10. The summed E-state index contributed by atoms with van der Waals surface area (Å²) >= 11 is 0. The summed E-state index contributed by atoms with van der Waals surface area (Å²) in [5.41, 5.74) is 0.349. The second kappa shape index (κ2) is 11.8. The molecule has 16 atom stereocenters. The summed E-state index contributed by atoms with van der Waals surface area (Å²) in [6, 6.07) is 0. The number of esters is 1. The summed E-state index contributed by atoms with van der Waals surface area (Å²) < 4.78 is 29.8. The molecule has 10 nitrogen and oxygen atoms in total. The molecule has 6 fully saturated rings. The van der Waals surface area contributed by atoms with Gasteiger partial charge in [0.2, 0.25) is 0 Å². The Labute approximate surface area is 266 Å². The van der Waals surface area contributed by atoms with E-state index in [1.54, 1.807) is 13.0 Å². The lowest BCUT2D eigenvalue weighted by Crippen LogP contribution is -2.62. The maximum atomic E-state index is 12.5. The Morgan fingerprint density at radius 3 is 2.36 bits per heavy atom. The molecule has 0 aromatic rings. The van der Waals surface area contributed by atoms with Crippen molar-refractivity contribution in [3.05, 3.63) is 11.6 Å². The number of fused-ring (bicyclic) bond motifs is 5. The third-order valence-corrected chi connectivity index (χ3v) is 14.0. The number of carbonyl (C=O) groups is 1. The Morgan fingerprint density at radius 2 is 1.62 bits per heavy atom. The fourth-order valence-corrected chi connectivity index (χ4v) is 11.2. The molecule has 3 aliphatic heterocycles. The molecule has 0 bridgehead atoms. The number of aliphatic hydroxyl groups is 4. The average molecular weight is 635 g/mol. The Balaban J connectivity index is 0.945. The zero-order valence-corrected chi connectivity index (χ0v) is 27.3. The van der Waals surface area contributed by atoms with Gasteiger partial charge in [0.1, 0.15) is 24.9 Å². The maximum Gasteiger partial charge on any atom is 0.331 e. The molecule has 4 saturated carbocycles. The minimum absolute atomic E-state index is 0.134. The van der Waals surface area contributed by atoms with E-state index in [1.807, 2.05) is 6.92 Å². The van der Waals surface area contributed by atoms with Crippen molar-refractivity contribution >= 4 is 5.97 Å². The van der Waals surface area contributed by atoms with Crippen molar-refractivity contribution in [2.45, 2.75) is 159 Å². The van der Waals surface area contributed by atoms with Crippen molar-refractivity contribution in [2.24, 2.45) is 34.5 Å². The summed E-state index contributed by atoms with van der Waals surface area (Å²) in [5.74, 6) is 1.31. The second-order valence-electron chi connectivity index (χ2n) is 16.0. The molecule has 4 aliphatic carbocycles. The van der Waals surface area contributed by atoms with Crippen LogP contribution in [0, 0.1) is 34.5 Å². The van der Waals surface area contributed by atoms with Crippen LogP contribution < -0.4 is 0 Å². The van der Waals surface area contributed by atoms with E-state index in [0.29, 0.717) is 31.3 Å². The van der Waals surface area contributed by atoms with Crippen LogP contribution in [-0.2, 0) is 28.5 Å². The van der Waals surface area contributed by atoms with E-state index in [9.17, 15) is 25.2 Å². The molecule has 254 valence electrons. The minimum atomic E-state index is -1.33. The summed E-state index contributed by atoms with van der Waals surface area (Å²) in [7, 11) is 0. The first kappa shape index (κ1) is 32.4. The zero-order chi connectivity index (χ0) is 31.9. The monoisotopic (exact) mass is 634 g/mol. The standard InChI is InChI=1S/C35H54O10/c1-18-26(45-32-31(39)30(38)29(37)19(2)43-32)7-8-28(42-18)44-22-9-12-33(3)21(16-22)5-6-25-24(33)10-13-34(4)23(11-14-35(25,34)40)20-15-27(36)41-17-20/h15,18-19,21-26,28-32,37-40H,5-14,16-17H2,1-4H3/t18?,19?,21-,22+,23-,24?,25-,26-,28+,29-,30?,31?,32-,33?,34?,35+/m1/s1. The summed E-state index contributed by atoms with van der Waals surface area (Å²) in [4.78, 5) is 11.9. The largest absolute Gasteiger partial charge is 0.458 e. The van der Waals surface area contributed by atoms with Gasteiger partial charge in [0, 0.05) is 17.9 Å². The van der Waals surface area contributed by atoms with Crippen LogP contribution in [0.2, 0.25) is 0 Å². The zero-order valence-electron chi connectivity index (χ0n) is 27.3. The molecule has 0 radical (unpaired) electrons. The van der Waals surface area contributed by atoms with Gasteiger partial charge in [0.15, 0.2) is 12.6 Å². The molecule has 7 rings (SSSR count). The maximum absolute atomic E-state index is 12.5. The van der Waals surface area contributed by atoms with Crippen molar-refractivity contribution in [3.8, 4) is 0 Å². The van der Waals surface area contributed by atoms with E-state index in [1.165, 1.54) is 0 Å². The Kier molecular flexibility index (Phi) is 8.50. The van der Waals surface area contributed by atoms with Gasteiger partial charge in [-0.1, -0.05) is 13.8 Å². The summed E-state index contributed by atoms with van der Waals surface area (Å²) in [6.07, 6.45) is 5.84. The van der Waals surface area contributed by atoms with Crippen LogP contribution >= 0.6 is 0 Å². The predicted octanol–water partition coefficient (Wildman–Crippen LogP) is 3.37. The molecule has 4 N–H and O–H groups in total. The molecule has 0 aromatic carbocycles. The molecule has 7 unspecified atom stereocenters. The van der Waals surface area contributed by atoms with Gasteiger partial charge in [-0.2, -0.15) is 0 Å². The lowest BCUT2D eigenvalue weighted by atomic mass is 9.43. The van der Waals surface area contributed by atoms with Crippen LogP contribution in [0.25, 0.3) is 0 Å². The van der Waals surface area contributed by atoms with Crippen molar-refractivity contribution < 1.29 is 48.9 Å². The molecular formula is C35H54O10. The van der Waals surface area contributed by atoms with Crippen LogP contribution in [0.5, 0.6) is 0 Å². The number of ether oxygens (including phenoxy) is 5. The SMILES string of the molecule is CC1O[C@H](O[C@@H]2CC[C@H](O[C@H]3CCC4(C)C5CCC6(C)[C@@H](C7=CC(=O)OC7)CC[C@]6(O)[C@@H]5CC[C@@H]4C3)OC2C)C(O)C(O)[C@@H]1O. The molecular weight excluding hydrogens is 580 g/mol. The lowest BCUT2D eigenvalue weighted by Gasteiger charge is -2.63. The number of carbonyl (C=O) groups excluding carboxylic acids is 1. The van der Waals surface area contributed by atoms with E-state index in [-0.39, 0.29) is 53.2 Å². The van der Waals surface area contributed by atoms with Gasteiger partial charge in [-0.3, -0.25) is 0 Å². The van der Waals surface area contributed by atoms with Gasteiger partial charge >= 0.3 is 5.97 Å². The quantitative estimate of drug-likeness (QED) is 0.263. The van der Waals surface area contributed by atoms with E-state index >= 15 is 0 Å². The molecule has 10 heteroatoms. The summed E-state index contributed by atoms with van der Waals surface area (Å²) in [5, 5.41) is 43.0. The normalized spacial score (nSPS) is 54.9. The highest BCUT2D eigenvalue weighted by Crippen LogP contribution is 2.70. The fraction of sp³-hybridized carbons (Fsp3) is 0.914. The van der Waals surface area contributed by atoms with Crippen molar-refractivity contribution in [1.82, 2.24) is 0 Å². The van der Waals surface area contributed by atoms with Crippen LogP contribution in [0.15, 0.2) is 11.6 Å². The lowest BCUT2D eigenvalue weighted by molar-refractivity contribution is -0.327. The molecule has 0 spiro atoms. The minimum Gasteiger partial charge on any atom is -0.458 e. The van der Waals surface area contributed by atoms with Crippen LogP contribution in [0.3, 0.4) is 0 Å². The van der Waals surface area contributed by atoms with Crippen LogP contribution in [0.4, 0.5) is 0 Å². The second-order valence-corrected chi connectivity index (χ2v) is 16.0. The number of cyclic esters (lactones) is 1. The number of aliphatic hydroxyl groups excluding tert-OH is 3. The van der Waals surface area contributed by atoms with Crippen molar-refractivity contribution in [2.75, 3.05) is 6.61 Å².